The molecular weight excluding hydrogens is 464 g/mol. The number of esters is 1. The zero-order valence-electron chi connectivity index (χ0n) is 20.1. The van der Waals surface area contributed by atoms with E-state index < -0.39 is 16.8 Å². The number of amides is 2. The Kier molecular flexibility index (Phi) is 5.16. The highest BCUT2D eigenvalue weighted by molar-refractivity contribution is 6.21. The molecule has 6 rings (SSSR count). The number of carbonyl (C=O) groups excluding carboxylic acids is 4. The van der Waals surface area contributed by atoms with E-state index >= 15 is 0 Å². The minimum Gasteiger partial charge on any atom is -0.465 e. The first-order valence-corrected chi connectivity index (χ1v) is 11.4. The average molecular weight is 489 g/mol. The van der Waals surface area contributed by atoms with E-state index in [1.165, 1.54) is 6.92 Å². The van der Waals surface area contributed by atoms with Crippen LogP contribution >= 0.6 is 0 Å². The number of nitrogens with one attached hydrogen (secondary N) is 4. The molecule has 2 aromatic carbocycles. The van der Waals surface area contributed by atoms with Gasteiger partial charge in [-0.15, -0.1) is 0 Å². The third-order valence-corrected chi connectivity index (χ3v) is 6.99. The molecule has 0 saturated heterocycles. The maximum absolute atomic E-state index is 12.1. The minimum atomic E-state index is -1.30. The molecule has 4 heterocycles. The summed E-state index contributed by atoms with van der Waals surface area (Å²) in [4.78, 5) is 62.1. The fourth-order valence-electron chi connectivity index (χ4n) is 4.57. The van der Waals surface area contributed by atoms with Gasteiger partial charge in [-0.3, -0.25) is 19.2 Å². The molecule has 0 aliphatic carbocycles. The van der Waals surface area contributed by atoms with E-state index in [0.717, 1.165) is 22.1 Å². The topological polar surface area (TPSA) is 159 Å². The predicted octanol–water partition coefficient (Wildman–Crippen LogP) is 2.70. The minimum absolute atomic E-state index is 0.160. The Morgan fingerprint density at radius 1 is 0.833 bits per heavy atom. The third-order valence-electron chi connectivity index (χ3n) is 6.99. The molecule has 4 aromatic rings. The van der Waals surface area contributed by atoms with E-state index in [0.29, 0.717) is 22.5 Å². The summed E-state index contributed by atoms with van der Waals surface area (Å²) >= 11 is 0. The smallest absolute Gasteiger partial charge is 0.326 e. The van der Waals surface area contributed by atoms with Gasteiger partial charge < -0.3 is 25.3 Å². The van der Waals surface area contributed by atoms with Crippen LogP contribution in [0.2, 0.25) is 0 Å². The van der Waals surface area contributed by atoms with Crippen LogP contribution < -0.4 is 10.6 Å². The van der Waals surface area contributed by atoms with Gasteiger partial charge in [0.25, 0.3) is 0 Å². The number of rotatable bonds is 3. The molecule has 2 aliphatic rings. The normalized spacial score (nSPS) is 21.9. The fraction of sp³-hybridized carbons (Fsp3) is 0.280. The molecule has 4 N–H and O–H groups in total. The van der Waals surface area contributed by atoms with Crippen LogP contribution in [-0.2, 0) is 34.7 Å². The molecule has 0 bridgehead atoms. The maximum Gasteiger partial charge on any atom is 0.326 e. The molecule has 2 aromatic heterocycles. The third kappa shape index (κ3) is 3.19. The molecule has 0 spiro atoms. The number of Topliss-reactive ketones (excluding diaryl/α,β-unsaturated/α-hetero) is 1. The highest BCUT2D eigenvalue weighted by atomic mass is 16.5. The summed E-state index contributed by atoms with van der Waals surface area (Å²) in [5, 5.41) is 5.45. The number of aromatic amines is 2. The van der Waals surface area contributed by atoms with Crippen molar-refractivity contribution < 1.29 is 23.9 Å². The number of hydrogen-bond donors (Lipinski definition) is 4. The molecule has 0 fully saturated rings. The van der Waals surface area contributed by atoms with Crippen LogP contribution in [0.1, 0.15) is 38.8 Å². The van der Waals surface area contributed by atoms with Gasteiger partial charge in [0.05, 0.1) is 41.3 Å². The van der Waals surface area contributed by atoms with E-state index in [1.807, 2.05) is 6.07 Å². The van der Waals surface area contributed by atoms with E-state index in [-0.39, 0.29) is 24.2 Å². The van der Waals surface area contributed by atoms with Crippen molar-refractivity contribution in [2.45, 2.75) is 38.5 Å². The lowest BCUT2D eigenvalue weighted by atomic mass is 9.80. The van der Waals surface area contributed by atoms with Crippen molar-refractivity contribution in [1.82, 2.24) is 19.9 Å². The second-order valence-corrected chi connectivity index (χ2v) is 9.07. The van der Waals surface area contributed by atoms with Gasteiger partial charge in [-0.25, -0.2) is 9.97 Å². The van der Waals surface area contributed by atoms with Crippen molar-refractivity contribution in [3.63, 3.8) is 0 Å². The second-order valence-electron chi connectivity index (χ2n) is 9.07. The van der Waals surface area contributed by atoms with Crippen LogP contribution in [0.3, 0.4) is 0 Å². The number of H-pyrrole nitrogens is 2. The number of aromatic nitrogens is 4. The molecule has 2 atom stereocenters. The van der Waals surface area contributed by atoms with Crippen LogP contribution in [0.4, 0.5) is 11.4 Å². The number of carbonyl (C=O) groups is 4. The van der Waals surface area contributed by atoms with Gasteiger partial charge in [0.15, 0.2) is 5.41 Å². The number of anilines is 2. The van der Waals surface area contributed by atoms with Crippen molar-refractivity contribution in [2.75, 3.05) is 17.2 Å². The monoisotopic (exact) mass is 488 g/mol. The van der Waals surface area contributed by atoms with Crippen LogP contribution in [0, 0.1) is 0 Å². The molecule has 184 valence electrons. The van der Waals surface area contributed by atoms with Gasteiger partial charge in [0, 0.05) is 22.5 Å². The first kappa shape index (κ1) is 23.2. The first-order valence-electron chi connectivity index (χ1n) is 11.4. The molecular formula is C25H24N6O5. The van der Waals surface area contributed by atoms with E-state index in [2.05, 4.69) is 30.6 Å². The van der Waals surface area contributed by atoms with Crippen LogP contribution in [0.25, 0.3) is 22.1 Å². The lowest BCUT2D eigenvalue weighted by Crippen LogP contribution is -2.40. The van der Waals surface area contributed by atoms with Crippen LogP contribution in [0.15, 0.2) is 36.9 Å². The number of imidazole rings is 2. The molecule has 2 aliphatic heterocycles. The Morgan fingerprint density at radius 2 is 1.31 bits per heavy atom. The summed E-state index contributed by atoms with van der Waals surface area (Å²) in [6.45, 7) is 6.62. The van der Waals surface area contributed by atoms with Crippen molar-refractivity contribution in [3.05, 3.63) is 48.0 Å². The maximum atomic E-state index is 12.1. The molecule has 0 saturated carbocycles. The quantitative estimate of drug-likeness (QED) is 0.255. The number of ether oxygens (including phenoxy) is 1. The molecule has 2 amide bonds. The number of fused-ring (bicyclic) bond motifs is 4. The molecule has 11 heteroatoms. The standard InChI is InChI=1S/C13H13N3O3.C12H11N3O2/c1-3-19-12(18)13(2)7-4-9-10(15-6-14-9)5-8(7)16-11(13)17;1-6(16)12(2)7-3-9-10(14-5-13-9)4-8(7)15-11(12)17/h4-6H,3H2,1-2H3,(H,14,15)(H,16,17);3-5H,1-2H3,(H,13,14)(H,15,17). The zero-order valence-corrected chi connectivity index (χ0v) is 20.1. The van der Waals surface area contributed by atoms with Gasteiger partial charge in [-0.1, -0.05) is 0 Å². The van der Waals surface area contributed by atoms with Gasteiger partial charge in [0.2, 0.25) is 11.8 Å². The molecule has 2 unspecified atom stereocenters. The fourth-order valence-corrected chi connectivity index (χ4v) is 4.57. The van der Waals surface area contributed by atoms with Crippen molar-refractivity contribution >= 4 is 57.0 Å². The molecule has 11 nitrogen and oxygen atoms in total. The van der Waals surface area contributed by atoms with E-state index in [4.69, 9.17) is 4.74 Å². The summed E-state index contributed by atoms with van der Waals surface area (Å²) in [5.74, 6) is -1.33. The van der Waals surface area contributed by atoms with Gasteiger partial charge in [-0.2, -0.15) is 0 Å². The Hall–Kier alpha value is -4.54. The number of hydrogen-bond acceptors (Lipinski definition) is 7. The Labute approximate surface area is 205 Å². The SMILES string of the molecule is CC(=O)C1(C)C(=O)Nc2cc3nc[nH]c3cc21.CCOC(=O)C1(C)C(=O)Nc2cc3nc[nH]c3cc21. The van der Waals surface area contributed by atoms with Crippen LogP contribution in [0.5, 0.6) is 0 Å². The lowest BCUT2D eigenvalue weighted by molar-refractivity contribution is -0.152. The second kappa shape index (κ2) is 8.01. The molecule has 36 heavy (non-hydrogen) atoms. The Morgan fingerprint density at radius 3 is 1.78 bits per heavy atom. The lowest BCUT2D eigenvalue weighted by Gasteiger charge is -2.19. The zero-order chi connectivity index (χ0) is 25.8. The Balaban J connectivity index is 0.000000149. The highest BCUT2D eigenvalue weighted by Crippen LogP contribution is 2.41. The number of benzene rings is 2. The predicted molar refractivity (Wildman–Crippen MR) is 131 cm³/mol. The van der Waals surface area contributed by atoms with Crippen molar-refractivity contribution in [1.29, 1.82) is 0 Å². The van der Waals surface area contributed by atoms with Crippen molar-refractivity contribution in [2.24, 2.45) is 0 Å². The van der Waals surface area contributed by atoms with Gasteiger partial charge in [-0.05, 0) is 52.0 Å². The van der Waals surface area contributed by atoms with E-state index in [9.17, 15) is 19.2 Å². The van der Waals surface area contributed by atoms with Gasteiger partial charge >= 0.3 is 5.97 Å². The Bertz CT molecular complexity index is 1590. The van der Waals surface area contributed by atoms with Crippen molar-refractivity contribution in [3.8, 4) is 0 Å². The summed E-state index contributed by atoms with van der Waals surface area (Å²) < 4.78 is 5.02. The summed E-state index contributed by atoms with van der Waals surface area (Å²) in [7, 11) is 0. The summed E-state index contributed by atoms with van der Waals surface area (Å²) in [5.41, 5.74) is 3.36. The number of ketones is 1. The first-order chi connectivity index (χ1) is 17.1. The summed E-state index contributed by atoms with van der Waals surface area (Å²) in [6, 6.07) is 7.13. The van der Waals surface area contributed by atoms with Gasteiger partial charge in [0.1, 0.15) is 11.2 Å². The number of nitrogens with zero attached hydrogens (tertiary/aromatic N) is 2. The average Bonchev–Trinajstić information content (AvgIpc) is 3.59. The summed E-state index contributed by atoms with van der Waals surface area (Å²) in [6.07, 6.45) is 3.16. The molecule has 0 radical (unpaired) electrons. The van der Waals surface area contributed by atoms with E-state index in [1.54, 1.807) is 51.6 Å². The highest BCUT2D eigenvalue weighted by Gasteiger charge is 2.50. The largest absolute Gasteiger partial charge is 0.465 e. The van der Waals surface area contributed by atoms with Crippen LogP contribution in [-0.4, -0.2) is 50.1 Å².